The maximum atomic E-state index is 11.6. The minimum Gasteiger partial charge on any atom is -0.465 e. The molecule has 27 heavy (non-hydrogen) atoms. The van der Waals surface area contributed by atoms with Crippen molar-refractivity contribution in [3.8, 4) is 17.6 Å². The summed E-state index contributed by atoms with van der Waals surface area (Å²) in [4.78, 5) is 13.3. The number of nitrogens with zero attached hydrogens (tertiary/aromatic N) is 2. The summed E-state index contributed by atoms with van der Waals surface area (Å²) >= 11 is 0. The van der Waals surface area contributed by atoms with Gasteiger partial charge in [0.05, 0.1) is 11.6 Å². The Balaban J connectivity index is 1.57. The van der Waals surface area contributed by atoms with Crippen molar-refractivity contribution in [3.63, 3.8) is 0 Å². The fourth-order valence-electron chi connectivity index (χ4n) is 5.38. The molecule has 1 amide bonds. The lowest BCUT2D eigenvalue weighted by molar-refractivity contribution is 0.0808. The molecule has 0 spiro atoms. The molecule has 5 rings (SSSR count). The second-order valence-corrected chi connectivity index (χ2v) is 7.79. The SMILES string of the molecule is N#Cc1ccc2c(c1)Oc1ccccc1C2C1CC2CCC(C1)N2C(=O)O. The maximum Gasteiger partial charge on any atom is 0.407 e. The summed E-state index contributed by atoms with van der Waals surface area (Å²) in [5, 5.41) is 18.8. The Morgan fingerprint density at radius 3 is 2.48 bits per heavy atom. The molecule has 1 N–H and O–H groups in total. The maximum absolute atomic E-state index is 11.6. The van der Waals surface area contributed by atoms with Gasteiger partial charge in [-0.15, -0.1) is 0 Å². The molecule has 2 saturated heterocycles. The Morgan fingerprint density at radius 2 is 1.78 bits per heavy atom. The van der Waals surface area contributed by atoms with Gasteiger partial charge in [0.25, 0.3) is 0 Å². The molecule has 0 saturated carbocycles. The number of para-hydroxylation sites is 1. The van der Waals surface area contributed by atoms with E-state index in [9.17, 15) is 15.2 Å². The van der Waals surface area contributed by atoms with Crippen molar-refractivity contribution in [2.45, 2.75) is 43.7 Å². The van der Waals surface area contributed by atoms with E-state index < -0.39 is 6.09 Å². The van der Waals surface area contributed by atoms with Crippen LogP contribution < -0.4 is 4.74 Å². The first-order valence-electron chi connectivity index (χ1n) is 9.48. The van der Waals surface area contributed by atoms with E-state index in [4.69, 9.17) is 4.74 Å². The minimum atomic E-state index is -0.785. The number of amides is 1. The highest BCUT2D eigenvalue weighted by Gasteiger charge is 2.47. The van der Waals surface area contributed by atoms with Crippen LogP contribution >= 0.6 is 0 Å². The van der Waals surface area contributed by atoms with E-state index >= 15 is 0 Å². The second-order valence-electron chi connectivity index (χ2n) is 7.79. The first-order valence-corrected chi connectivity index (χ1v) is 9.48. The van der Waals surface area contributed by atoms with Crippen molar-refractivity contribution in [3.05, 3.63) is 59.2 Å². The minimum absolute atomic E-state index is 0.114. The van der Waals surface area contributed by atoms with Gasteiger partial charge < -0.3 is 14.7 Å². The highest BCUT2D eigenvalue weighted by Crippen LogP contribution is 2.53. The van der Waals surface area contributed by atoms with E-state index in [1.165, 1.54) is 5.56 Å². The largest absolute Gasteiger partial charge is 0.465 e. The van der Waals surface area contributed by atoms with Crippen LogP contribution in [0.4, 0.5) is 4.79 Å². The van der Waals surface area contributed by atoms with Gasteiger partial charge in [0.1, 0.15) is 11.5 Å². The van der Waals surface area contributed by atoms with Gasteiger partial charge in [-0.25, -0.2) is 4.79 Å². The Labute approximate surface area is 157 Å². The second kappa shape index (κ2) is 6.02. The van der Waals surface area contributed by atoms with Crippen molar-refractivity contribution in [2.75, 3.05) is 0 Å². The van der Waals surface area contributed by atoms with Crippen LogP contribution in [0.5, 0.6) is 11.5 Å². The Morgan fingerprint density at radius 1 is 1.07 bits per heavy atom. The molecule has 2 bridgehead atoms. The van der Waals surface area contributed by atoms with Crippen LogP contribution in [0.3, 0.4) is 0 Å². The normalized spacial score (nSPS) is 27.9. The van der Waals surface area contributed by atoms with Gasteiger partial charge >= 0.3 is 6.09 Å². The molecule has 0 radical (unpaired) electrons. The predicted molar refractivity (Wildman–Crippen MR) is 98.9 cm³/mol. The van der Waals surface area contributed by atoms with Gasteiger partial charge in [-0.05, 0) is 49.8 Å². The molecule has 2 aromatic rings. The number of nitriles is 1. The lowest BCUT2D eigenvalue weighted by Crippen LogP contribution is -2.47. The molecule has 3 aliphatic heterocycles. The fraction of sp³-hybridized carbons (Fsp3) is 0.364. The fourth-order valence-corrected chi connectivity index (χ4v) is 5.38. The van der Waals surface area contributed by atoms with Crippen LogP contribution in [0.1, 0.15) is 48.3 Å². The third-order valence-corrected chi connectivity index (χ3v) is 6.41. The van der Waals surface area contributed by atoms with E-state index in [0.717, 1.165) is 42.7 Å². The summed E-state index contributed by atoms with van der Waals surface area (Å²) < 4.78 is 6.11. The quantitative estimate of drug-likeness (QED) is 0.799. The molecule has 3 heterocycles. The number of ether oxygens (including phenoxy) is 1. The van der Waals surface area contributed by atoms with Gasteiger partial charge in [-0.1, -0.05) is 24.3 Å². The standard InChI is InChI=1S/C22H20N2O3/c23-12-13-5-8-18-20(9-13)27-19-4-2-1-3-17(19)21(18)14-10-15-6-7-16(11-14)24(15)22(25)26/h1-5,8-9,14-16,21H,6-7,10-11H2,(H,25,26). The lowest BCUT2D eigenvalue weighted by Gasteiger charge is -2.42. The van der Waals surface area contributed by atoms with Crippen molar-refractivity contribution < 1.29 is 14.6 Å². The van der Waals surface area contributed by atoms with Crippen LogP contribution in [-0.4, -0.2) is 28.2 Å². The highest BCUT2D eigenvalue weighted by molar-refractivity contribution is 5.66. The summed E-state index contributed by atoms with van der Waals surface area (Å²) in [6.45, 7) is 0. The molecule has 0 aromatic heterocycles. The Kier molecular flexibility index (Phi) is 3.61. The third kappa shape index (κ3) is 2.48. The van der Waals surface area contributed by atoms with Crippen LogP contribution in [-0.2, 0) is 0 Å². The van der Waals surface area contributed by atoms with E-state index in [1.54, 1.807) is 4.90 Å². The number of carboxylic acid groups (broad SMARTS) is 1. The smallest absolute Gasteiger partial charge is 0.407 e. The van der Waals surface area contributed by atoms with Gasteiger partial charge in [-0.3, -0.25) is 0 Å². The molecule has 3 atom stereocenters. The topological polar surface area (TPSA) is 73.6 Å². The average molecular weight is 360 g/mol. The molecule has 2 aromatic carbocycles. The van der Waals surface area contributed by atoms with Crippen LogP contribution in [0, 0.1) is 17.2 Å². The number of carbonyl (C=O) groups is 1. The molecule has 3 aliphatic rings. The molecular formula is C22H20N2O3. The molecule has 0 aliphatic carbocycles. The number of piperidine rings is 1. The molecule has 5 heteroatoms. The van der Waals surface area contributed by atoms with Crippen molar-refractivity contribution >= 4 is 6.09 Å². The number of hydrogen-bond acceptors (Lipinski definition) is 3. The summed E-state index contributed by atoms with van der Waals surface area (Å²) in [6, 6.07) is 16.2. The zero-order valence-electron chi connectivity index (χ0n) is 14.8. The summed E-state index contributed by atoms with van der Waals surface area (Å²) in [5.41, 5.74) is 2.87. The van der Waals surface area contributed by atoms with Gasteiger partial charge in [0, 0.05) is 29.1 Å². The van der Waals surface area contributed by atoms with Crippen LogP contribution in [0.25, 0.3) is 0 Å². The number of rotatable bonds is 1. The summed E-state index contributed by atoms with van der Waals surface area (Å²) in [5.74, 6) is 2.15. The van der Waals surface area contributed by atoms with E-state index in [1.807, 2.05) is 36.4 Å². The van der Waals surface area contributed by atoms with E-state index in [-0.39, 0.29) is 18.0 Å². The van der Waals surface area contributed by atoms with Gasteiger partial charge in [0.15, 0.2) is 0 Å². The predicted octanol–water partition coefficient (Wildman–Crippen LogP) is 4.72. The Bertz CT molecular complexity index is 950. The average Bonchev–Trinajstić information content (AvgIpc) is 2.96. The number of hydrogen-bond donors (Lipinski definition) is 1. The van der Waals surface area contributed by atoms with Gasteiger partial charge in [-0.2, -0.15) is 5.26 Å². The van der Waals surface area contributed by atoms with Crippen LogP contribution in [0.15, 0.2) is 42.5 Å². The Hall–Kier alpha value is -3.00. The van der Waals surface area contributed by atoms with Crippen LogP contribution in [0.2, 0.25) is 0 Å². The first kappa shape index (κ1) is 16.2. The molecule has 136 valence electrons. The first-order chi connectivity index (χ1) is 13.2. The molecule has 3 unspecified atom stereocenters. The zero-order chi connectivity index (χ0) is 18.5. The van der Waals surface area contributed by atoms with Crippen molar-refractivity contribution in [1.82, 2.24) is 4.90 Å². The van der Waals surface area contributed by atoms with Crippen molar-refractivity contribution in [1.29, 1.82) is 5.26 Å². The van der Waals surface area contributed by atoms with E-state index in [2.05, 4.69) is 12.1 Å². The van der Waals surface area contributed by atoms with E-state index in [0.29, 0.717) is 11.5 Å². The molecule has 5 nitrogen and oxygen atoms in total. The third-order valence-electron chi connectivity index (χ3n) is 6.41. The number of fused-ring (bicyclic) bond motifs is 4. The molecule has 2 fully saturated rings. The lowest BCUT2D eigenvalue weighted by atomic mass is 9.72. The summed E-state index contributed by atoms with van der Waals surface area (Å²) in [7, 11) is 0. The summed E-state index contributed by atoms with van der Waals surface area (Å²) in [6.07, 6.45) is 2.88. The molecular weight excluding hydrogens is 340 g/mol. The monoisotopic (exact) mass is 360 g/mol. The zero-order valence-corrected chi connectivity index (χ0v) is 14.8. The number of benzene rings is 2. The van der Waals surface area contributed by atoms with Gasteiger partial charge in [0.2, 0.25) is 0 Å². The van der Waals surface area contributed by atoms with Crippen molar-refractivity contribution in [2.24, 2.45) is 5.92 Å². The highest BCUT2D eigenvalue weighted by atomic mass is 16.5.